The summed E-state index contributed by atoms with van der Waals surface area (Å²) in [5.41, 5.74) is 1.89. The van der Waals surface area contributed by atoms with Crippen molar-refractivity contribution in [1.29, 1.82) is 0 Å². The zero-order valence-electron chi connectivity index (χ0n) is 37.3. The lowest BCUT2D eigenvalue weighted by Gasteiger charge is -2.29. The molecule has 3 fully saturated rings. The van der Waals surface area contributed by atoms with Gasteiger partial charge in [0.15, 0.2) is 5.78 Å². The number of pyridine rings is 1. The van der Waals surface area contributed by atoms with Crippen molar-refractivity contribution in [3.63, 3.8) is 0 Å². The van der Waals surface area contributed by atoms with Crippen LogP contribution in [0.4, 0.5) is 8.78 Å². The van der Waals surface area contributed by atoms with Gasteiger partial charge in [0.2, 0.25) is 21.8 Å². The molecular formula is C49H58F2N4O7S2. The predicted octanol–water partition coefficient (Wildman–Crippen LogP) is 9.57. The van der Waals surface area contributed by atoms with Crippen molar-refractivity contribution in [3.05, 3.63) is 95.5 Å². The Kier molecular flexibility index (Phi) is 13.8. The fourth-order valence-electron chi connectivity index (χ4n) is 8.91. The molecule has 7 rings (SSSR count). The van der Waals surface area contributed by atoms with Gasteiger partial charge in [0.1, 0.15) is 39.9 Å². The number of aryl methyl sites for hydroxylation is 1. The van der Waals surface area contributed by atoms with E-state index < -0.39 is 67.5 Å². The monoisotopic (exact) mass is 916 g/mol. The fraction of sp³-hybridized carbons (Fsp3) is 0.490. The quantitative estimate of drug-likeness (QED) is 0.0638. The van der Waals surface area contributed by atoms with Gasteiger partial charge < -0.3 is 14.4 Å². The maximum atomic E-state index is 15.0. The highest BCUT2D eigenvalue weighted by Crippen LogP contribution is 2.57. The summed E-state index contributed by atoms with van der Waals surface area (Å²) in [6, 6.07) is 7.68. The number of unbranched alkanes of at least 4 members (excludes halogenated alkanes) is 3. The van der Waals surface area contributed by atoms with Crippen LogP contribution in [0.15, 0.2) is 67.1 Å². The molecule has 2 aromatic heterocycles. The van der Waals surface area contributed by atoms with Crippen molar-refractivity contribution in [2.75, 3.05) is 13.7 Å². The molecular weight excluding hydrogens is 859 g/mol. The summed E-state index contributed by atoms with van der Waals surface area (Å²) in [6.45, 7) is 15.3. The second-order valence-electron chi connectivity index (χ2n) is 18.3. The number of aromatic nitrogens is 2. The van der Waals surface area contributed by atoms with Gasteiger partial charge in [0, 0.05) is 47.2 Å². The molecule has 5 atom stereocenters. The number of nitrogens with zero attached hydrogens (tertiary/aromatic N) is 3. The Balaban J connectivity index is 1.24. The van der Waals surface area contributed by atoms with Crippen LogP contribution >= 0.6 is 11.3 Å². The first-order valence-electron chi connectivity index (χ1n) is 22.1. The van der Waals surface area contributed by atoms with Gasteiger partial charge >= 0.3 is 0 Å². The minimum absolute atomic E-state index is 0.000427. The zero-order valence-corrected chi connectivity index (χ0v) is 38.9. The molecule has 4 aromatic rings. The first-order valence-corrected chi connectivity index (χ1v) is 24.5. The van der Waals surface area contributed by atoms with Crippen LogP contribution in [0.1, 0.15) is 108 Å². The van der Waals surface area contributed by atoms with E-state index in [0.29, 0.717) is 64.4 Å². The van der Waals surface area contributed by atoms with Crippen molar-refractivity contribution >= 4 is 49.9 Å². The molecule has 64 heavy (non-hydrogen) atoms. The number of hydrogen-bond donors (Lipinski definition) is 1. The van der Waals surface area contributed by atoms with Gasteiger partial charge in [-0.25, -0.2) is 27.2 Å². The number of sulfonamides is 1. The standard InChI is InChI=1S/C49H58F2N4O7S2/c1-8-10-11-12-13-14-32(19-31-20-34(50)22-35(51)21-31)46(57)55-27-36(23-40(55)41(56)26-49(25-33(49)9-2)47(58)54-64(59,60)48(6)17-18-48)62-43-24-38(45-53-39(28-63-45)29(3)4)52-44-30(5)42(61-7)16-15-37(43)44/h8-9,15-16,20-22,24,28-29,32-33,36,40H,1-2,10-14,17-19,23,25-27H2,3-7H3,(H,54,58)/t32-,33-,36-,40+,49-/m1/s1. The van der Waals surface area contributed by atoms with Crippen molar-refractivity contribution < 1.29 is 41.1 Å². The van der Waals surface area contributed by atoms with Crippen molar-refractivity contribution in [1.82, 2.24) is 19.6 Å². The Morgan fingerprint density at radius 3 is 2.41 bits per heavy atom. The molecule has 342 valence electrons. The van der Waals surface area contributed by atoms with Crippen LogP contribution in [0, 0.1) is 35.8 Å². The average molecular weight is 917 g/mol. The topological polar surface area (TPSA) is 145 Å². The van der Waals surface area contributed by atoms with Gasteiger partial charge in [-0.2, -0.15) is 0 Å². The largest absolute Gasteiger partial charge is 0.496 e. The molecule has 0 radical (unpaired) electrons. The molecule has 1 N–H and O–H groups in total. The maximum absolute atomic E-state index is 15.0. The number of hydrogen-bond acceptors (Lipinski definition) is 10. The van der Waals surface area contributed by atoms with E-state index in [-0.39, 0.29) is 44.1 Å². The highest BCUT2D eigenvalue weighted by atomic mass is 32.2. The lowest BCUT2D eigenvalue weighted by Crippen LogP contribution is -2.47. The summed E-state index contributed by atoms with van der Waals surface area (Å²) in [4.78, 5) is 55.2. The number of ether oxygens (including phenoxy) is 2. The number of rotatable bonds is 21. The smallest absolute Gasteiger partial charge is 0.240 e. The number of carbonyl (C=O) groups excluding carboxylic acids is 3. The summed E-state index contributed by atoms with van der Waals surface area (Å²) < 4.78 is 69.2. The van der Waals surface area contributed by atoms with Gasteiger partial charge in [-0.05, 0) is 100 Å². The second kappa shape index (κ2) is 18.8. The SMILES string of the molecule is C=CCCCCC[C@H](Cc1cc(F)cc(F)c1)C(=O)N1C[C@H](Oc2cc(-c3nc(C(C)C)cs3)nc3c(C)c(OC)ccc23)C[C@H]1C(=O)C[C@]1(C(=O)NS(=O)(=O)C2(C)CC2)C[C@H]1C=C. The first kappa shape index (κ1) is 47.0. The van der Waals surface area contributed by atoms with Crippen molar-refractivity contribution in [2.45, 2.75) is 121 Å². The Labute approximate surface area is 378 Å². The summed E-state index contributed by atoms with van der Waals surface area (Å²) >= 11 is 1.47. The van der Waals surface area contributed by atoms with Gasteiger partial charge in [0.05, 0.1) is 41.1 Å². The molecule has 0 spiro atoms. The molecule has 3 heterocycles. The van der Waals surface area contributed by atoms with Crippen LogP contribution in [0.25, 0.3) is 21.6 Å². The third-order valence-electron chi connectivity index (χ3n) is 13.3. The van der Waals surface area contributed by atoms with Crippen LogP contribution < -0.4 is 14.2 Å². The molecule has 15 heteroatoms. The van der Waals surface area contributed by atoms with E-state index in [2.05, 4.69) is 31.7 Å². The average Bonchev–Trinajstić information content (AvgIpc) is 4.03. The van der Waals surface area contributed by atoms with Gasteiger partial charge in [-0.15, -0.1) is 24.5 Å². The molecule has 3 aliphatic rings. The normalized spacial score (nSPS) is 21.7. The minimum atomic E-state index is -4.00. The Morgan fingerprint density at radius 1 is 1.05 bits per heavy atom. The Bertz CT molecular complexity index is 2550. The summed E-state index contributed by atoms with van der Waals surface area (Å²) in [5.74, 6) is -2.95. The molecule has 2 amide bonds. The summed E-state index contributed by atoms with van der Waals surface area (Å²) in [6.07, 6.45) is 7.04. The van der Waals surface area contributed by atoms with E-state index in [9.17, 15) is 26.8 Å². The number of Topliss-reactive ketones (excluding diaryl/α,β-unsaturated/α-hetero) is 1. The molecule has 2 aliphatic carbocycles. The number of fused-ring (bicyclic) bond motifs is 1. The van der Waals surface area contributed by atoms with E-state index in [1.165, 1.54) is 28.4 Å². The Morgan fingerprint density at radius 2 is 1.78 bits per heavy atom. The first-order chi connectivity index (χ1) is 30.4. The maximum Gasteiger partial charge on any atom is 0.240 e. The molecule has 1 saturated heterocycles. The van der Waals surface area contributed by atoms with E-state index in [0.717, 1.165) is 36.6 Å². The summed E-state index contributed by atoms with van der Waals surface area (Å²) in [7, 11) is -2.41. The zero-order chi connectivity index (χ0) is 46.1. The van der Waals surface area contributed by atoms with E-state index in [1.54, 1.807) is 20.1 Å². The van der Waals surface area contributed by atoms with E-state index in [1.807, 2.05) is 36.6 Å². The predicted molar refractivity (Wildman–Crippen MR) is 245 cm³/mol. The lowest BCUT2D eigenvalue weighted by molar-refractivity contribution is -0.142. The fourth-order valence-corrected chi connectivity index (χ4v) is 11.2. The number of benzene rings is 2. The van der Waals surface area contributed by atoms with Gasteiger partial charge in [-0.3, -0.25) is 19.1 Å². The number of methoxy groups -OCH3 is 1. The molecule has 1 aliphatic heterocycles. The molecule has 2 aromatic carbocycles. The van der Waals surface area contributed by atoms with Crippen LogP contribution in [0.5, 0.6) is 11.5 Å². The minimum Gasteiger partial charge on any atom is -0.496 e. The lowest BCUT2D eigenvalue weighted by atomic mass is 9.89. The Hall–Kier alpha value is -5.02. The third-order valence-corrected chi connectivity index (χ3v) is 16.4. The van der Waals surface area contributed by atoms with Crippen LogP contribution in [-0.2, 0) is 30.8 Å². The van der Waals surface area contributed by atoms with Gasteiger partial charge in [0.25, 0.3) is 0 Å². The number of carbonyl (C=O) groups is 3. The van der Waals surface area contributed by atoms with E-state index in [4.69, 9.17) is 19.4 Å². The van der Waals surface area contributed by atoms with Crippen molar-refractivity contribution in [3.8, 4) is 22.2 Å². The van der Waals surface area contributed by atoms with E-state index >= 15 is 4.79 Å². The summed E-state index contributed by atoms with van der Waals surface area (Å²) in [5, 5.41) is 3.39. The molecule has 11 nitrogen and oxygen atoms in total. The second-order valence-corrected chi connectivity index (χ2v) is 21.4. The van der Waals surface area contributed by atoms with Gasteiger partial charge in [-0.1, -0.05) is 38.8 Å². The molecule has 0 unspecified atom stereocenters. The number of thiazole rings is 1. The van der Waals surface area contributed by atoms with Crippen LogP contribution in [0.2, 0.25) is 0 Å². The third kappa shape index (κ3) is 9.80. The van der Waals surface area contributed by atoms with Crippen LogP contribution in [0.3, 0.4) is 0 Å². The number of ketones is 1. The highest BCUT2D eigenvalue weighted by Gasteiger charge is 2.62. The van der Waals surface area contributed by atoms with Crippen molar-refractivity contribution in [2.24, 2.45) is 17.3 Å². The van der Waals surface area contributed by atoms with Crippen LogP contribution in [-0.4, -0.2) is 71.4 Å². The molecule has 2 saturated carbocycles. The highest BCUT2D eigenvalue weighted by molar-refractivity contribution is 7.91. The number of amides is 2. The number of nitrogens with one attached hydrogen (secondary N) is 1. The number of halogens is 2. The molecule has 0 bridgehead atoms. The number of likely N-dealkylation sites (tertiary alicyclic amines) is 1. The number of allylic oxidation sites excluding steroid dienone is 2.